The van der Waals surface area contributed by atoms with E-state index in [4.69, 9.17) is 4.74 Å². The minimum atomic E-state index is -1.07. The van der Waals surface area contributed by atoms with Gasteiger partial charge in [-0.1, -0.05) is 0 Å². The van der Waals surface area contributed by atoms with Gasteiger partial charge < -0.3 is 14.3 Å². The Morgan fingerprint density at radius 2 is 1.81 bits per heavy atom. The average molecular weight is 304 g/mol. The summed E-state index contributed by atoms with van der Waals surface area (Å²) in [7, 11) is 3.08. The number of methoxy groups -OCH3 is 2. The summed E-state index contributed by atoms with van der Waals surface area (Å²) >= 11 is 0. The molecular weight excluding hydrogens is 280 g/mol. The Labute approximate surface area is 124 Å². The molecule has 1 aliphatic carbocycles. The first-order valence-corrected chi connectivity index (χ1v) is 6.87. The number of hydrogen-bond acceptors (Lipinski definition) is 7. The third kappa shape index (κ3) is 6.26. The van der Waals surface area contributed by atoms with Gasteiger partial charge in [0.1, 0.15) is 6.29 Å². The van der Waals surface area contributed by atoms with Crippen LogP contribution < -0.4 is 0 Å². The van der Waals surface area contributed by atoms with Crippen LogP contribution in [0.25, 0.3) is 0 Å². The fourth-order valence-corrected chi connectivity index (χ4v) is 2.38. The lowest BCUT2D eigenvalue weighted by Gasteiger charge is -2.39. The van der Waals surface area contributed by atoms with Gasteiger partial charge in [0.05, 0.1) is 0 Å². The maximum Gasteiger partial charge on any atom is 0.209 e. The molecule has 8 nitrogen and oxygen atoms in total. The molecule has 1 saturated carbocycles. The molecule has 0 radical (unpaired) electrons. The van der Waals surface area contributed by atoms with Crippen LogP contribution in [0.1, 0.15) is 39.0 Å². The highest BCUT2D eigenvalue weighted by Gasteiger charge is 2.46. The molecule has 0 N–H and O–H groups in total. The van der Waals surface area contributed by atoms with Crippen LogP contribution in [0.4, 0.5) is 0 Å². The molecule has 0 heterocycles. The van der Waals surface area contributed by atoms with Crippen LogP contribution >= 0.6 is 0 Å². The zero-order valence-electron chi connectivity index (χ0n) is 12.9. The van der Waals surface area contributed by atoms with Crippen molar-refractivity contribution in [2.75, 3.05) is 27.4 Å². The second kappa shape index (κ2) is 9.51. The maximum atomic E-state index is 10.7. The molecule has 0 aromatic heterocycles. The lowest BCUT2D eigenvalue weighted by atomic mass is 9.69. The van der Waals surface area contributed by atoms with Gasteiger partial charge in [0.15, 0.2) is 5.72 Å². The largest absolute Gasteiger partial charge is 0.385 e. The molecule has 0 bridgehead atoms. The Hall–Kier alpha value is -1.41. The minimum Gasteiger partial charge on any atom is -0.385 e. The minimum absolute atomic E-state index is 0.145. The number of carbonyl (C=O) groups is 1. The second-order valence-electron chi connectivity index (χ2n) is 5.18. The summed E-state index contributed by atoms with van der Waals surface area (Å²) in [5.74, 6) is 0. The van der Waals surface area contributed by atoms with E-state index in [1.807, 2.05) is 6.92 Å². The van der Waals surface area contributed by atoms with Crippen molar-refractivity contribution in [3.8, 4) is 0 Å². The molecule has 0 aromatic rings. The first-order chi connectivity index (χ1) is 9.93. The zero-order chi connectivity index (χ0) is 16.4. The summed E-state index contributed by atoms with van der Waals surface area (Å²) in [5, 5.41) is 13.6. The molecule has 0 aromatic carbocycles. The van der Waals surface area contributed by atoms with Crippen LogP contribution in [-0.4, -0.2) is 44.3 Å². The molecule has 0 atom stereocenters. The Morgan fingerprint density at radius 3 is 2.10 bits per heavy atom. The normalized spacial score (nSPS) is 28.1. The Morgan fingerprint density at radius 1 is 1.29 bits per heavy atom. The Balaban J connectivity index is 0.000000885. The molecule has 1 fully saturated rings. The summed E-state index contributed by atoms with van der Waals surface area (Å²) < 4.78 is 9.61. The first-order valence-electron chi connectivity index (χ1n) is 6.87. The number of aldehydes is 1. The number of hydrogen-bond donors (Lipinski definition) is 0. The van der Waals surface area contributed by atoms with E-state index >= 15 is 0 Å². The second-order valence-corrected chi connectivity index (χ2v) is 5.18. The zero-order valence-corrected chi connectivity index (χ0v) is 12.9. The van der Waals surface area contributed by atoms with E-state index in [-0.39, 0.29) is 13.0 Å². The summed E-state index contributed by atoms with van der Waals surface area (Å²) in [6.07, 6.45) is 2.33. The van der Waals surface area contributed by atoms with E-state index in [1.54, 1.807) is 7.11 Å². The lowest BCUT2D eigenvalue weighted by Crippen LogP contribution is -2.42. The van der Waals surface area contributed by atoms with Crippen molar-refractivity contribution in [2.45, 2.75) is 44.8 Å². The van der Waals surface area contributed by atoms with Crippen LogP contribution in [0.3, 0.4) is 0 Å². The van der Waals surface area contributed by atoms with E-state index in [2.05, 4.69) is 9.91 Å². The van der Waals surface area contributed by atoms with E-state index in [0.29, 0.717) is 32.0 Å². The van der Waals surface area contributed by atoms with E-state index in [0.717, 1.165) is 6.61 Å². The summed E-state index contributed by atoms with van der Waals surface area (Å²) in [4.78, 5) is 31.6. The highest BCUT2D eigenvalue weighted by molar-refractivity contribution is 5.50. The van der Waals surface area contributed by atoms with Crippen molar-refractivity contribution >= 4 is 6.29 Å². The summed E-state index contributed by atoms with van der Waals surface area (Å²) in [6, 6.07) is 0. The predicted octanol–water partition coefficient (Wildman–Crippen LogP) is 2.17. The lowest BCUT2D eigenvalue weighted by molar-refractivity contribution is -0.499. The number of ether oxygens (including phenoxy) is 2. The Bertz CT molecular complexity index is 338. The van der Waals surface area contributed by atoms with Gasteiger partial charge in [-0.05, 0) is 24.9 Å². The highest BCUT2D eigenvalue weighted by atomic mass is 16.6. The average Bonchev–Trinajstić information content (AvgIpc) is 2.48. The maximum absolute atomic E-state index is 10.7. The number of nitro groups is 1. The first kappa shape index (κ1) is 19.6. The van der Waals surface area contributed by atoms with Gasteiger partial charge in [-0.2, -0.15) is 0 Å². The molecule has 0 spiro atoms. The van der Waals surface area contributed by atoms with Crippen LogP contribution in [0, 0.1) is 20.4 Å². The van der Waals surface area contributed by atoms with Gasteiger partial charge in [-0.15, -0.1) is 4.91 Å². The molecular formula is C13H24N2O6. The van der Waals surface area contributed by atoms with Crippen LogP contribution in [0.2, 0.25) is 0 Å². The van der Waals surface area contributed by atoms with Gasteiger partial charge in [-0.3, -0.25) is 10.1 Å². The van der Waals surface area contributed by atoms with Gasteiger partial charge >= 0.3 is 0 Å². The number of rotatable bonds is 7. The fraction of sp³-hybridized carbons (Fsp3) is 0.923. The number of carbonyl (C=O) groups excluding carboxylic acids is 1. The standard InChI is InChI=1S/C10H16N2O5.C3H8O/c1-17-10(11-14)4-2-9(3-5-10,6-7-13)8-12(15)16;1-3-4-2/h7H,2-6,8H2,1H3;3H2,1-2H3. The molecule has 0 unspecified atom stereocenters. The monoisotopic (exact) mass is 304 g/mol. The predicted molar refractivity (Wildman–Crippen MR) is 76.5 cm³/mol. The Kier molecular flexibility index (Phi) is 8.87. The SMILES string of the molecule is CCOC.COC1(N=O)CCC(CC=O)(C[N+](=O)[O-])CC1. The third-order valence-corrected chi connectivity index (χ3v) is 3.91. The third-order valence-electron chi connectivity index (χ3n) is 3.91. The molecule has 1 rings (SSSR count). The van der Waals surface area contributed by atoms with Gasteiger partial charge in [0, 0.05) is 50.4 Å². The van der Waals surface area contributed by atoms with Gasteiger partial charge in [0.25, 0.3) is 0 Å². The molecule has 0 aliphatic heterocycles. The van der Waals surface area contributed by atoms with Crippen LogP contribution in [-0.2, 0) is 14.3 Å². The summed E-state index contributed by atoms with van der Waals surface area (Å²) in [6.45, 7) is 2.53. The van der Waals surface area contributed by atoms with E-state index in [1.165, 1.54) is 7.11 Å². The molecule has 0 saturated heterocycles. The highest BCUT2D eigenvalue weighted by Crippen LogP contribution is 2.44. The van der Waals surface area contributed by atoms with Crippen LogP contribution in [0.5, 0.6) is 0 Å². The molecule has 1 aliphatic rings. The number of nitrogens with zero attached hydrogens (tertiary/aromatic N) is 2. The molecule has 122 valence electrons. The van der Waals surface area contributed by atoms with Gasteiger partial charge in [-0.25, -0.2) is 0 Å². The summed E-state index contributed by atoms with van der Waals surface area (Å²) in [5.41, 5.74) is -1.71. The molecule has 21 heavy (non-hydrogen) atoms. The molecule has 0 amide bonds. The molecule has 8 heteroatoms. The van der Waals surface area contributed by atoms with Crippen molar-refractivity contribution in [3.05, 3.63) is 15.0 Å². The quantitative estimate of drug-likeness (QED) is 0.309. The van der Waals surface area contributed by atoms with Crippen molar-refractivity contribution in [3.63, 3.8) is 0 Å². The van der Waals surface area contributed by atoms with E-state index in [9.17, 15) is 19.8 Å². The smallest absolute Gasteiger partial charge is 0.209 e. The van der Waals surface area contributed by atoms with Crippen molar-refractivity contribution in [1.29, 1.82) is 0 Å². The number of nitroso groups, excluding NO2 is 1. The van der Waals surface area contributed by atoms with Crippen molar-refractivity contribution < 1.29 is 19.2 Å². The van der Waals surface area contributed by atoms with Gasteiger partial charge in [0.2, 0.25) is 6.54 Å². The topological polar surface area (TPSA) is 108 Å². The van der Waals surface area contributed by atoms with Crippen molar-refractivity contribution in [1.82, 2.24) is 0 Å². The van der Waals surface area contributed by atoms with E-state index < -0.39 is 16.1 Å². The van der Waals surface area contributed by atoms with Crippen molar-refractivity contribution in [2.24, 2.45) is 10.6 Å². The van der Waals surface area contributed by atoms with Crippen LogP contribution in [0.15, 0.2) is 5.18 Å². The fourth-order valence-electron chi connectivity index (χ4n) is 2.38.